The lowest BCUT2D eigenvalue weighted by Crippen LogP contribution is -2.13. The Bertz CT molecular complexity index is 1410. The van der Waals surface area contributed by atoms with Crippen molar-refractivity contribution in [3.05, 3.63) is 148 Å². The van der Waals surface area contributed by atoms with Gasteiger partial charge in [-0.25, -0.2) is 4.98 Å². The highest BCUT2D eigenvalue weighted by atomic mass is 15.2. The molecule has 38 heavy (non-hydrogen) atoms. The van der Waals surface area contributed by atoms with Gasteiger partial charge in [0.05, 0.1) is 6.20 Å². The largest absolute Gasteiger partial charge is 0.294 e. The zero-order chi connectivity index (χ0) is 26.8. The predicted octanol–water partition coefficient (Wildman–Crippen LogP) is 8.98. The van der Waals surface area contributed by atoms with Crippen LogP contribution in [0.5, 0.6) is 0 Å². The zero-order valence-electron chi connectivity index (χ0n) is 23.2. The van der Waals surface area contributed by atoms with Crippen LogP contribution in [0.3, 0.4) is 0 Å². The van der Waals surface area contributed by atoms with Gasteiger partial charge >= 0.3 is 0 Å². The monoisotopic (exact) mass is 497 g/mol. The van der Waals surface area contributed by atoms with Crippen LogP contribution >= 0.6 is 0 Å². The van der Waals surface area contributed by atoms with E-state index in [1.807, 2.05) is 12.3 Å². The second-order valence-corrected chi connectivity index (χ2v) is 10.4. The quantitative estimate of drug-likeness (QED) is 0.219. The van der Waals surface area contributed by atoms with Crippen molar-refractivity contribution in [2.45, 2.75) is 47.5 Å². The van der Waals surface area contributed by atoms with Crippen molar-refractivity contribution in [2.75, 3.05) is 4.90 Å². The number of nitrogens with zero attached hydrogens (tertiary/aromatic N) is 3. The molecular weight excluding hydrogens is 462 g/mol. The fourth-order valence-electron chi connectivity index (χ4n) is 5.98. The van der Waals surface area contributed by atoms with E-state index in [-0.39, 0.29) is 5.92 Å². The van der Waals surface area contributed by atoms with Gasteiger partial charge in [-0.2, -0.15) is 0 Å². The molecule has 0 spiro atoms. The van der Waals surface area contributed by atoms with Gasteiger partial charge in [-0.3, -0.25) is 9.88 Å². The maximum absolute atomic E-state index is 4.61. The molecule has 0 aliphatic rings. The highest BCUT2D eigenvalue weighted by Gasteiger charge is 2.25. The molecular formula is C35H35N3. The summed E-state index contributed by atoms with van der Waals surface area (Å²) in [5, 5.41) is 0. The van der Waals surface area contributed by atoms with Crippen molar-refractivity contribution >= 4 is 17.2 Å². The highest BCUT2D eigenvalue weighted by molar-refractivity contribution is 5.74. The summed E-state index contributed by atoms with van der Waals surface area (Å²) < 4.78 is 0. The fourth-order valence-corrected chi connectivity index (χ4v) is 5.98. The van der Waals surface area contributed by atoms with Crippen LogP contribution in [0.4, 0.5) is 17.2 Å². The van der Waals surface area contributed by atoms with Gasteiger partial charge in [-0.15, -0.1) is 0 Å². The standard InChI is InChI=1S/C35H35N3/c1-23-18-25(3)33(26(4)19-23)35(34-27(5)20-24(2)21-28(34)6)29-12-14-31(15-13-29)38(30-10-8-7-9-11-30)32-22-36-16-17-37-32/h7-22,35H,1-6H3. The SMILES string of the molecule is Cc1cc(C)c(C(c2ccc(N(c3ccccc3)c3cnccn3)cc2)c2c(C)cc(C)cc2C)c(C)c1. The summed E-state index contributed by atoms with van der Waals surface area (Å²) in [7, 11) is 0. The lowest BCUT2D eigenvalue weighted by Gasteiger charge is -2.28. The Morgan fingerprint density at radius 3 is 1.55 bits per heavy atom. The number of rotatable bonds is 6. The molecule has 0 saturated carbocycles. The third kappa shape index (κ3) is 4.97. The molecule has 3 heteroatoms. The van der Waals surface area contributed by atoms with Crippen LogP contribution in [0.2, 0.25) is 0 Å². The van der Waals surface area contributed by atoms with Crippen molar-refractivity contribution in [3.8, 4) is 0 Å². The summed E-state index contributed by atoms with van der Waals surface area (Å²) in [6.07, 6.45) is 5.25. The van der Waals surface area contributed by atoms with E-state index in [4.69, 9.17) is 0 Å². The summed E-state index contributed by atoms with van der Waals surface area (Å²) in [6, 6.07) is 28.6. The summed E-state index contributed by atoms with van der Waals surface area (Å²) in [5.74, 6) is 0.936. The van der Waals surface area contributed by atoms with Crippen LogP contribution < -0.4 is 4.90 Å². The van der Waals surface area contributed by atoms with Crippen molar-refractivity contribution in [3.63, 3.8) is 0 Å². The van der Waals surface area contributed by atoms with Crippen LogP contribution in [-0.2, 0) is 0 Å². The van der Waals surface area contributed by atoms with Crippen molar-refractivity contribution in [1.82, 2.24) is 9.97 Å². The Kier molecular flexibility index (Phi) is 7.11. The molecule has 5 rings (SSSR count). The molecule has 0 aliphatic heterocycles. The molecule has 0 bridgehead atoms. The van der Waals surface area contributed by atoms with E-state index in [0.717, 1.165) is 17.2 Å². The molecule has 0 atom stereocenters. The average molecular weight is 498 g/mol. The maximum atomic E-state index is 4.61. The first-order chi connectivity index (χ1) is 18.3. The number of para-hydroxylation sites is 1. The minimum atomic E-state index is 0.145. The molecule has 0 N–H and O–H groups in total. The second-order valence-electron chi connectivity index (χ2n) is 10.4. The Hall–Kier alpha value is -4.24. The molecule has 5 aromatic rings. The molecule has 0 radical (unpaired) electrons. The Balaban J connectivity index is 1.68. The molecule has 0 saturated heterocycles. The molecule has 3 nitrogen and oxygen atoms in total. The molecule has 0 unspecified atom stereocenters. The average Bonchev–Trinajstić information content (AvgIpc) is 2.89. The van der Waals surface area contributed by atoms with Crippen LogP contribution in [-0.4, -0.2) is 9.97 Å². The van der Waals surface area contributed by atoms with E-state index in [1.54, 1.807) is 12.4 Å². The van der Waals surface area contributed by atoms with E-state index in [0.29, 0.717) is 0 Å². The number of hydrogen-bond acceptors (Lipinski definition) is 3. The molecule has 190 valence electrons. The summed E-state index contributed by atoms with van der Waals surface area (Å²) in [6.45, 7) is 13.4. The van der Waals surface area contributed by atoms with Gasteiger partial charge in [0.2, 0.25) is 0 Å². The number of anilines is 3. The van der Waals surface area contributed by atoms with E-state index >= 15 is 0 Å². The van der Waals surface area contributed by atoms with E-state index < -0.39 is 0 Å². The van der Waals surface area contributed by atoms with Gasteiger partial charge in [0, 0.05) is 29.7 Å². The van der Waals surface area contributed by atoms with Crippen LogP contribution in [0, 0.1) is 41.5 Å². The third-order valence-corrected chi connectivity index (χ3v) is 7.33. The minimum Gasteiger partial charge on any atom is -0.294 e. The first-order valence-electron chi connectivity index (χ1n) is 13.2. The predicted molar refractivity (Wildman–Crippen MR) is 159 cm³/mol. The smallest absolute Gasteiger partial charge is 0.156 e. The number of aromatic nitrogens is 2. The molecule has 1 aromatic heterocycles. The normalized spacial score (nSPS) is 11.1. The van der Waals surface area contributed by atoms with Gasteiger partial charge < -0.3 is 0 Å². The van der Waals surface area contributed by atoms with Gasteiger partial charge in [0.15, 0.2) is 5.82 Å². The van der Waals surface area contributed by atoms with Crippen molar-refractivity contribution < 1.29 is 0 Å². The van der Waals surface area contributed by atoms with Crippen molar-refractivity contribution in [2.24, 2.45) is 0 Å². The van der Waals surface area contributed by atoms with Crippen LogP contribution in [0.1, 0.15) is 56.0 Å². The number of hydrogen-bond donors (Lipinski definition) is 0. The number of aryl methyl sites for hydroxylation is 6. The molecule has 1 heterocycles. The zero-order valence-corrected chi connectivity index (χ0v) is 23.2. The fraction of sp³-hybridized carbons (Fsp3) is 0.200. The lowest BCUT2D eigenvalue weighted by atomic mass is 9.77. The highest BCUT2D eigenvalue weighted by Crippen LogP contribution is 2.41. The topological polar surface area (TPSA) is 29.0 Å². The van der Waals surface area contributed by atoms with Crippen LogP contribution in [0.25, 0.3) is 0 Å². The van der Waals surface area contributed by atoms with Gasteiger partial charge in [-0.1, -0.05) is 65.7 Å². The second kappa shape index (κ2) is 10.6. The van der Waals surface area contributed by atoms with Crippen LogP contribution in [0.15, 0.2) is 97.5 Å². The van der Waals surface area contributed by atoms with Crippen molar-refractivity contribution in [1.29, 1.82) is 0 Å². The number of benzene rings is 4. The summed E-state index contributed by atoms with van der Waals surface area (Å²) in [5.41, 5.74) is 14.1. The summed E-state index contributed by atoms with van der Waals surface area (Å²) >= 11 is 0. The van der Waals surface area contributed by atoms with Gasteiger partial charge in [-0.05, 0) is 105 Å². The first-order valence-corrected chi connectivity index (χ1v) is 13.2. The maximum Gasteiger partial charge on any atom is 0.156 e. The minimum absolute atomic E-state index is 0.145. The molecule has 0 amide bonds. The Labute approximate surface area is 226 Å². The molecule has 0 aliphatic carbocycles. The third-order valence-electron chi connectivity index (χ3n) is 7.33. The molecule has 4 aromatic carbocycles. The van der Waals surface area contributed by atoms with Gasteiger partial charge in [0.1, 0.15) is 0 Å². The van der Waals surface area contributed by atoms with E-state index in [2.05, 4.69) is 129 Å². The van der Waals surface area contributed by atoms with E-state index in [1.165, 1.54) is 50.1 Å². The first kappa shape index (κ1) is 25.4. The van der Waals surface area contributed by atoms with E-state index in [9.17, 15) is 0 Å². The Morgan fingerprint density at radius 2 is 1.08 bits per heavy atom. The molecule has 0 fully saturated rings. The lowest BCUT2D eigenvalue weighted by molar-refractivity contribution is 0.919. The Morgan fingerprint density at radius 1 is 0.579 bits per heavy atom. The van der Waals surface area contributed by atoms with Gasteiger partial charge in [0.25, 0.3) is 0 Å². The summed E-state index contributed by atoms with van der Waals surface area (Å²) in [4.78, 5) is 11.1.